The first kappa shape index (κ1) is 102. The minimum atomic E-state index is -5.17. The number of aromatic hydroxyl groups is 2. The molecule has 6 rings (SSSR count). The highest BCUT2D eigenvalue weighted by atomic mass is 32.3. The molecular weight excluding hydrogens is 1510 g/mol. The van der Waals surface area contributed by atoms with Gasteiger partial charge in [0.05, 0.1) is 44.7 Å². The van der Waals surface area contributed by atoms with Crippen LogP contribution < -0.4 is 0 Å². The quantitative estimate of drug-likeness (QED) is 0.0102. The van der Waals surface area contributed by atoms with E-state index in [1.54, 1.807) is 30.3 Å². The van der Waals surface area contributed by atoms with Crippen LogP contribution in [0.2, 0.25) is 0 Å². The summed E-state index contributed by atoms with van der Waals surface area (Å²) in [6.45, 7) is 5.17. The van der Waals surface area contributed by atoms with Gasteiger partial charge < -0.3 is 150 Å². The first-order chi connectivity index (χ1) is 45.2. The number of oxime groups is 2. The minimum absolute atomic E-state index is 0. The van der Waals surface area contributed by atoms with Crippen LogP contribution in [0.3, 0.4) is 0 Å². The molecule has 4 heterocycles. The van der Waals surface area contributed by atoms with Crippen molar-refractivity contribution in [2.75, 3.05) is 33.0 Å². The highest BCUT2D eigenvalue weighted by Crippen LogP contribution is 2.32. The van der Waals surface area contributed by atoms with Crippen molar-refractivity contribution in [2.45, 2.75) is 148 Å². The van der Waals surface area contributed by atoms with Gasteiger partial charge in [0.25, 0.3) is 0 Å². The van der Waals surface area contributed by atoms with Gasteiger partial charge in [-0.05, 0) is 47.6 Å². The van der Waals surface area contributed by atoms with Gasteiger partial charge >= 0.3 is 20.8 Å². The van der Waals surface area contributed by atoms with E-state index in [-0.39, 0.29) is 53.9 Å². The lowest BCUT2D eigenvalue weighted by atomic mass is 10.00. The summed E-state index contributed by atoms with van der Waals surface area (Å²) in [5.74, 6) is 0.236. The molecule has 100 heavy (non-hydrogen) atoms. The second-order valence-electron chi connectivity index (χ2n) is 18.7. The fraction of sp³-hybridized carbons (Fsp3) is 0.604. The molecule has 0 unspecified atom stereocenters. The number of hydrogen-bond acceptors (Lipinski definition) is 45. The van der Waals surface area contributed by atoms with Gasteiger partial charge in [-0.2, -0.15) is 16.8 Å². The molecule has 52 heteroatoms. The zero-order chi connectivity index (χ0) is 76.2. The van der Waals surface area contributed by atoms with Crippen LogP contribution in [0.25, 0.3) is 0 Å². The lowest BCUT2D eigenvalue weighted by molar-refractivity contribution is -0.286. The Morgan fingerprint density at radius 3 is 1.05 bits per heavy atom. The molecule has 2 aromatic rings. The Kier molecular flexibility index (Phi) is 51.8. The van der Waals surface area contributed by atoms with Crippen molar-refractivity contribution in [1.29, 1.82) is 0 Å². The Morgan fingerprint density at radius 1 is 0.490 bits per heavy atom. The van der Waals surface area contributed by atoms with Crippen LogP contribution in [0.1, 0.15) is 25.0 Å². The van der Waals surface area contributed by atoms with Gasteiger partial charge in [-0.1, -0.05) is 77.7 Å². The zero-order valence-electron chi connectivity index (χ0n) is 50.3. The van der Waals surface area contributed by atoms with Crippen LogP contribution in [0.4, 0.5) is 0 Å². The summed E-state index contributed by atoms with van der Waals surface area (Å²) in [5.41, 5.74) is -0.990. The van der Waals surface area contributed by atoms with Crippen molar-refractivity contribution < 1.29 is 201 Å². The van der Waals surface area contributed by atoms with Gasteiger partial charge in [0.15, 0.2) is 12.6 Å². The van der Waals surface area contributed by atoms with Crippen LogP contribution in [-0.4, -0.2) is 338 Å². The number of rotatable bonds is 17. The van der Waals surface area contributed by atoms with Gasteiger partial charge in [0.1, 0.15) is 130 Å². The van der Waals surface area contributed by atoms with E-state index in [0.717, 1.165) is 5.56 Å². The molecule has 2 aromatic carbocycles. The number of ether oxygens (including phenoxy) is 4. The number of phenols is 2. The van der Waals surface area contributed by atoms with Crippen molar-refractivity contribution >= 4 is 92.6 Å². The number of isothiocyanates is 1. The van der Waals surface area contributed by atoms with Crippen LogP contribution in [0.15, 0.2) is 89.1 Å². The number of phenolic OH excluding ortho intramolecular Hbond substituents is 2. The van der Waals surface area contributed by atoms with E-state index in [1.165, 1.54) is 30.3 Å². The minimum Gasteiger partial charge on any atom is -0.759 e. The molecule has 20 atom stereocenters. The number of thiocarbonyl (C=S) groups is 1. The molecule has 26 N–H and O–H groups in total. The third-order valence-electron chi connectivity index (χ3n) is 11.4. The maximum atomic E-state index is 10.8. The number of benzene rings is 2. The van der Waals surface area contributed by atoms with E-state index in [0.29, 0.717) is 35.6 Å². The standard InChI is InChI=1S/C14H19NO10S2.C10H17NO9S2.C7H8O2.2C6H12O6.C4H5NS.CH4.2H2O4S.H2O/c16-6-9-11(18)12(19)13(20)14(24-9)26-10(15-25-27(21,22)23)5-7-1-3-8(17)4-2-7;1-2-3-6(11-20-22(16,17)18)21-10-9(15)8(14)7(13)5(4-12)19-10;8-5-6-1-3-7(9)4-2-6;2*7-1-2-3(8)4(9)5(10)6(11)12-2;1-2-3-5-4-6;;2*1-5(2,3)4;/h1-4,9,11-14,16-20H,5-6H2,(H,21,22,23);2,5,7-10,12-15H,1,3-4H2,(H,16,17,18);1-4,8-9H,5H2;2*2-11H,1H2;2H,1,3H2;1H4;2*(H2,1,2,3,4);1H2/p-3/b15-10-;11-6-;;;;;;;;/t9-,11-,12+,13-,14+;5-,7-,8+,9-,10+;;2*2-,3-,4+,5-,6-;;;;;/m11.11...../s1. The number of aliphatic imine (C=N–C) groups is 1. The lowest BCUT2D eigenvalue weighted by Crippen LogP contribution is -2.58. The largest absolute Gasteiger partial charge is 0.759 e. The molecule has 0 aromatic heterocycles. The fourth-order valence-corrected chi connectivity index (χ4v) is 9.45. The summed E-state index contributed by atoms with van der Waals surface area (Å²) in [6.07, 6.45) is -22.7. The van der Waals surface area contributed by atoms with E-state index in [4.69, 9.17) is 120 Å². The van der Waals surface area contributed by atoms with Gasteiger partial charge in [-0.25, -0.2) is 13.6 Å². The molecule has 0 bridgehead atoms. The molecular formula is C48H80N3O42S7-3. The summed E-state index contributed by atoms with van der Waals surface area (Å²) < 4.78 is 155. The normalized spacial score (nSPS) is 29.5. The van der Waals surface area contributed by atoms with Crippen molar-refractivity contribution in [2.24, 2.45) is 15.3 Å². The van der Waals surface area contributed by atoms with Gasteiger partial charge in [-0.3, -0.25) is 25.9 Å². The molecule has 4 saturated heterocycles. The van der Waals surface area contributed by atoms with Gasteiger partial charge in [0.2, 0.25) is 0 Å². The van der Waals surface area contributed by atoms with E-state index in [9.17, 15) is 57.7 Å². The average molecular weight is 1600 g/mol. The number of allylic oxidation sites excluding steroid dienone is 1. The third-order valence-corrected chi connectivity index (χ3v) is 14.3. The van der Waals surface area contributed by atoms with Crippen LogP contribution in [0, 0.1) is 0 Å². The van der Waals surface area contributed by atoms with E-state index in [2.05, 4.69) is 63.9 Å². The predicted octanol–water partition coefficient (Wildman–Crippen LogP) is -10.4. The Morgan fingerprint density at radius 2 is 0.780 bits per heavy atom. The molecule has 584 valence electrons. The van der Waals surface area contributed by atoms with Crippen molar-refractivity contribution in [1.82, 2.24) is 0 Å². The topological polar surface area (TPSA) is 820 Å². The number of aliphatic hydroxyl groups is 19. The summed E-state index contributed by atoms with van der Waals surface area (Å²) >= 11 is 5.61. The van der Waals surface area contributed by atoms with E-state index >= 15 is 0 Å². The maximum Gasteiger partial charge on any atom is 0.466 e. The summed E-state index contributed by atoms with van der Waals surface area (Å²) in [7, 11) is -20.0. The van der Waals surface area contributed by atoms with Crippen molar-refractivity contribution in [3.05, 3.63) is 85.0 Å². The van der Waals surface area contributed by atoms with Crippen LogP contribution >= 0.6 is 35.7 Å². The zero-order valence-corrected chi connectivity index (χ0v) is 56.0. The monoisotopic (exact) mass is 1590 g/mol. The molecule has 0 aliphatic carbocycles. The fourth-order valence-electron chi connectivity index (χ4n) is 6.76. The highest BCUT2D eigenvalue weighted by Gasteiger charge is 2.47. The Hall–Kier alpha value is -4.44. The Balaban J connectivity index is -0.000000564. The van der Waals surface area contributed by atoms with Gasteiger partial charge in [-0.15, -0.1) is 13.2 Å². The Labute approximate surface area is 583 Å². The van der Waals surface area contributed by atoms with Crippen molar-refractivity contribution in [3.63, 3.8) is 0 Å². The van der Waals surface area contributed by atoms with E-state index < -0.39 is 189 Å². The van der Waals surface area contributed by atoms with E-state index in [1.807, 2.05) is 0 Å². The van der Waals surface area contributed by atoms with Crippen LogP contribution in [-0.2, 0) is 87.6 Å². The van der Waals surface area contributed by atoms with Gasteiger partial charge in [0, 0.05) is 33.6 Å². The molecule has 0 spiro atoms. The second kappa shape index (κ2) is 50.9. The molecule has 0 radical (unpaired) electrons. The molecule has 4 aliphatic heterocycles. The molecule has 0 saturated carbocycles. The second-order valence-corrected chi connectivity index (χ2v) is 24.9. The predicted molar refractivity (Wildman–Crippen MR) is 338 cm³/mol. The number of thioether (sulfide) groups is 2. The SMILES string of the molecule is C.C=CC/C(=N/OS(=O)(=O)O)S[C@@H]1O[C@H](CO)[C@@H](O)[C@H](O)[C@H]1O.C=CCN=C=S.O=S(=O)(O)O/N=C(/Cc1ccc(O)cc1)S[C@@H]1O[C@H](CO)[C@@H](O)[C@H](O)[C@H]1O.O=S(=O)([O-])[O-].O=S(=O)([O-])[O-].OC[C@H]1O[C@@H](O)[C@H](O)[C@@H](O)[C@@H]1O.OC[C@H]1O[C@@H](O)[C@H](O)[C@@H](O)[C@@H]1O.OCc1ccc(O)cc1.[OH3+]. The molecule has 4 fully saturated rings. The Bertz CT molecular complexity index is 3090. The van der Waals surface area contributed by atoms with Crippen molar-refractivity contribution in [3.8, 4) is 11.5 Å². The summed E-state index contributed by atoms with van der Waals surface area (Å²) in [5, 5.41) is 202. The first-order valence-electron chi connectivity index (χ1n) is 26.3. The number of hydrogen-bond donors (Lipinski definition) is 23. The van der Waals surface area contributed by atoms with Crippen LogP contribution in [0.5, 0.6) is 11.5 Å². The molecule has 0 amide bonds. The maximum absolute atomic E-state index is 10.8. The number of nitrogens with zero attached hydrogens (tertiary/aromatic N) is 3. The average Bonchev–Trinajstić information content (AvgIpc) is 0.835. The smallest absolute Gasteiger partial charge is 0.466 e. The number of aliphatic hydroxyl groups excluding tert-OH is 19. The highest BCUT2D eigenvalue weighted by molar-refractivity contribution is 8.14. The third kappa shape index (κ3) is 43.6. The summed E-state index contributed by atoms with van der Waals surface area (Å²) in [6, 6.07) is 12.3. The molecule has 4 aliphatic rings. The first-order valence-corrected chi connectivity index (χ1v) is 33.9. The lowest BCUT2D eigenvalue weighted by Gasteiger charge is -2.39. The summed E-state index contributed by atoms with van der Waals surface area (Å²) in [4.78, 5) is 3.54. The molecule has 45 nitrogen and oxygen atoms in total.